The number of hydrogen-bond donors (Lipinski definition) is 1. The van der Waals surface area contributed by atoms with E-state index >= 15 is 0 Å². The van der Waals surface area contributed by atoms with Gasteiger partial charge in [0.1, 0.15) is 6.61 Å². The topological polar surface area (TPSA) is 58.6 Å². The van der Waals surface area contributed by atoms with Crippen LogP contribution in [0.2, 0.25) is 0 Å². The average Bonchev–Trinajstić information content (AvgIpc) is 2.78. The Morgan fingerprint density at radius 3 is 2.73 bits per heavy atom. The van der Waals surface area contributed by atoms with Crippen molar-refractivity contribution in [3.63, 3.8) is 0 Å². The minimum Gasteiger partial charge on any atom is -0.445 e. The van der Waals surface area contributed by atoms with E-state index in [-0.39, 0.29) is 12.4 Å². The highest BCUT2D eigenvalue weighted by molar-refractivity contribution is 6.01. The third kappa shape index (κ3) is 6.17. The minimum atomic E-state index is -0.647. The minimum absolute atomic E-state index is 0.102. The summed E-state index contributed by atoms with van der Waals surface area (Å²) in [5.74, 6) is 0.354. The number of piperidine rings is 1. The number of nitrogens with zero attached hydrogens (tertiary/aromatic N) is 1. The van der Waals surface area contributed by atoms with E-state index in [0.29, 0.717) is 11.5 Å². The van der Waals surface area contributed by atoms with Crippen LogP contribution in [0.4, 0.5) is 4.79 Å². The lowest BCUT2D eigenvalue weighted by Crippen LogP contribution is -2.39. The Balaban J connectivity index is 1.56. The molecule has 2 atom stereocenters. The summed E-state index contributed by atoms with van der Waals surface area (Å²) in [7, 11) is 0. The van der Waals surface area contributed by atoms with Crippen LogP contribution >= 0.6 is 0 Å². The molecule has 5 nitrogen and oxygen atoms in total. The summed E-state index contributed by atoms with van der Waals surface area (Å²) in [6.07, 6.45) is 2.92. The number of benzene rings is 2. The third-order valence-electron chi connectivity index (χ3n) is 5.63. The maximum absolute atomic E-state index is 12.9. The highest BCUT2D eigenvalue weighted by Gasteiger charge is 2.23. The second-order valence-electron chi connectivity index (χ2n) is 8.06. The summed E-state index contributed by atoms with van der Waals surface area (Å²) < 4.78 is 5.23. The standard InChI is InChI=1S/C25H32N2O3/c1-3-14-27-15-8-13-23(17-27)21-11-7-12-22(16-21)24(28)19(2)26-25(29)30-18-20-9-5-4-6-10-20/h4-7,9-12,16,19,23H,3,8,13-15,17-18H2,1-2H3,(H,26,29). The Kier molecular flexibility index (Phi) is 8.03. The first-order valence-electron chi connectivity index (χ1n) is 10.9. The fraction of sp³-hybridized carbons (Fsp3) is 0.440. The lowest BCUT2D eigenvalue weighted by Gasteiger charge is -2.33. The van der Waals surface area contributed by atoms with Gasteiger partial charge in [-0.05, 0) is 62.4 Å². The molecule has 1 aliphatic rings. The Morgan fingerprint density at radius 1 is 1.17 bits per heavy atom. The first-order chi connectivity index (χ1) is 14.6. The maximum atomic E-state index is 12.9. The molecular formula is C25H32N2O3. The van der Waals surface area contributed by atoms with Gasteiger partial charge in [-0.15, -0.1) is 0 Å². The average molecular weight is 409 g/mol. The number of amides is 1. The van der Waals surface area contributed by atoms with Crippen LogP contribution in [0.25, 0.3) is 0 Å². The van der Waals surface area contributed by atoms with Crippen molar-refractivity contribution in [1.82, 2.24) is 10.2 Å². The first kappa shape index (κ1) is 22.0. The quantitative estimate of drug-likeness (QED) is 0.639. The van der Waals surface area contributed by atoms with Crippen LogP contribution in [0.3, 0.4) is 0 Å². The lowest BCUT2D eigenvalue weighted by atomic mass is 9.88. The van der Waals surface area contributed by atoms with Gasteiger partial charge in [0.15, 0.2) is 5.78 Å². The molecule has 0 aromatic heterocycles. The van der Waals surface area contributed by atoms with Gasteiger partial charge in [0.2, 0.25) is 0 Å². The summed E-state index contributed by atoms with van der Waals surface area (Å²) >= 11 is 0. The van der Waals surface area contributed by atoms with Gasteiger partial charge in [0.05, 0.1) is 6.04 Å². The molecule has 3 rings (SSSR count). The van der Waals surface area contributed by atoms with Gasteiger partial charge >= 0.3 is 6.09 Å². The predicted octanol–water partition coefficient (Wildman–Crippen LogP) is 4.77. The molecule has 30 heavy (non-hydrogen) atoms. The summed E-state index contributed by atoms with van der Waals surface area (Å²) in [6.45, 7) is 7.42. The van der Waals surface area contributed by atoms with Gasteiger partial charge < -0.3 is 15.0 Å². The van der Waals surface area contributed by atoms with Crippen LogP contribution in [0, 0.1) is 0 Å². The molecule has 0 saturated carbocycles. The molecule has 2 unspecified atom stereocenters. The van der Waals surface area contributed by atoms with Crippen molar-refractivity contribution < 1.29 is 14.3 Å². The molecule has 5 heteroatoms. The Hall–Kier alpha value is -2.66. The largest absolute Gasteiger partial charge is 0.445 e. The molecule has 0 aliphatic carbocycles. The van der Waals surface area contributed by atoms with Crippen LogP contribution in [0.15, 0.2) is 54.6 Å². The zero-order valence-corrected chi connectivity index (χ0v) is 18.0. The number of alkyl carbamates (subject to hydrolysis) is 1. The van der Waals surface area contributed by atoms with Gasteiger partial charge in [0, 0.05) is 12.1 Å². The monoisotopic (exact) mass is 408 g/mol. The van der Waals surface area contributed by atoms with Crippen molar-refractivity contribution in [3.8, 4) is 0 Å². The number of hydrogen-bond acceptors (Lipinski definition) is 4. The van der Waals surface area contributed by atoms with Crippen molar-refractivity contribution in [2.24, 2.45) is 0 Å². The number of Topliss-reactive ketones (excluding diaryl/α,β-unsaturated/α-hetero) is 1. The molecule has 1 N–H and O–H groups in total. The van der Waals surface area contributed by atoms with Crippen LogP contribution in [0.1, 0.15) is 60.5 Å². The number of carbonyl (C=O) groups excluding carboxylic acids is 2. The van der Waals surface area contributed by atoms with Gasteiger partial charge in [0.25, 0.3) is 0 Å². The number of likely N-dealkylation sites (tertiary alicyclic amines) is 1. The van der Waals surface area contributed by atoms with Crippen molar-refractivity contribution in [2.75, 3.05) is 19.6 Å². The maximum Gasteiger partial charge on any atom is 0.408 e. The van der Waals surface area contributed by atoms with E-state index in [1.54, 1.807) is 6.92 Å². The molecule has 0 radical (unpaired) electrons. The van der Waals surface area contributed by atoms with Gasteiger partial charge in [-0.1, -0.05) is 55.5 Å². The molecule has 2 aromatic carbocycles. The first-order valence-corrected chi connectivity index (χ1v) is 10.9. The number of ketones is 1. The summed E-state index contributed by atoms with van der Waals surface area (Å²) in [6, 6.07) is 16.7. The molecule has 1 heterocycles. The second kappa shape index (κ2) is 10.9. The van der Waals surface area contributed by atoms with Gasteiger partial charge in [-0.3, -0.25) is 4.79 Å². The van der Waals surface area contributed by atoms with Crippen molar-refractivity contribution in [1.29, 1.82) is 0 Å². The summed E-state index contributed by atoms with van der Waals surface area (Å²) in [5, 5.41) is 2.65. The van der Waals surface area contributed by atoms with E-state index < -0.39 is 12.1 Å². The molecule has 2 aromatic rings. The van der Waals surface area contributed by atoms with Crippen LogP contribution in [-0.4, -0.2) is 42.5 Å². The Morgan fingerprint density at radius 2 is 1.97 bits per heavy atom. The van der Waals surface area contributed by atoms with E-state index in [1.807, 2.05) is 48.5 Å². The zero-order chi connectivity index (χ0) is 21.3. The highest BCUT2D eigenvalue weighted by Crippen LogP contribution is 2.27. The summed E-state index contributed by atoms with van der Waals surface area (Å²) in [4.78, 5) is 27.5. The van der Waals surface area contributed by atoms with Crippen LogP contribution in [0.5, 0.6) is 0 Å². The number of nitrogens with one attached hydrogen (secondary N) is 1. The normalized spacial score (nSPS) is 17.9. The van der Waals surface area contributed by atoms with Crippen molar-refractivity contribution in [3.05, 3.63) is 71.3 Å². The predicted molar refractivity (Wildman–Crippen MR) is 119 cm³/mol. The zero-order valence-electron chi connectivity index (χ0n) is 18.0. The molecule has 1 saturated heterocycles. The van der Waals surface area contributed by atoms with Gasteiger partial charge in [-0.2, -0.15) is 0 Å². The number of carbonyl (C=O) groups is 2. The smallest absolute Gasteiger partial charge is 0.408 e. The second-order valence-corrected chi connectivity index (χ2v) is 8.06. The molecule has 1 fully saturated rings. The number of rotatable bonds is 8. The fourth-order valence-electron chi connectivity index (χ4n) is 4.05. The lowest BCUT2D eigenvalue weighted by molar-refractivity contribution is 0.0926. The van der Waals surface area contributed by atoms with Crippen LogP contribution in [-0.2, 0) is 11.3 Å². The van der Waals surface area contributed by atoms with Crippen LogP contribution < -0.4 is 5.32 Å². The van der Waals surface area contributed by atoms with E-state index in [4.69, 9.17) is 4.74 Å². The third-order valence-corrected chi connectivity index (χ3v) is 5.63. The summed E-state index contributed by atoms with van der Waals surface area (Å²) in [5.41, 5.74) is 2.75. The van der Waals surface area contributed by atoms with E-state index in [9.17, 15) is 9.59 Å². The van der Waals surface area contributed by atoms with Crippen molar-refractivity contribution >= 4 is 11.9 Å². The molecular weight excluding hydrogens is 376 g/mol. The van der Waals surface area contributed by atoms with Gasteiger partial charge in [-0.25, -0.2) is 4.79 Å². The molecule has 0 spiro atoms. The molecule has 160 valence electrons. The molecule has 1 amide bonds. The Labute approximate surface area is 179 Å². The molecule has 0 bridgehead atoms. The Bertz CT molecular complexity index is 835. The SMILES string of the molecule is CCCN1CCCC(c2cccc(C(=O)C(C)NC(=O)OCc3ccccc3)c2)C1. The number of ether oxygens (including phenoxy) is 1. The van der Waals surface area contributed by atoms with E-state index in [2.05, 4.69) is 23.2 Å². The highest BCUT2D eigenvalue weighted by atomic mass is 16.5. The van der Waals surface area contributed by atoms with E-state index in [0.717, 1.165) is 38.0 Å². The fourth-order valence-corrected chi connectivity index (χ4v) is 4.05. The molecule has 1 aliphatic heterocycles. The van der Waals surface area contributed by atoms with E-state index in [1.165, 1.54) is 12.0 Å². The van der Waals surface area contributed by atoms with Crippen molar-refractivity contribution in [2.45, 2.75) is 51.7 Å².